The number of hydrogen-bond donors (Lipinski definition) is 1. The van der Waals surface area contributed by atoms with Gasteiger partial charge in [0, 0.05) is 13.1 Å². The van der Waals surface area contributed by atoms with Crippen LogP contribution in [0.5, 0.6) is 0 Å². The number of imide groups is 1. The van der Waals surface area contributed by atoms with Gasteiger partial charge in [0.1, 0.15) is 5.82 Å². The molecule has 0 aliphatic carbocycles. The number of carbonyl (C=O) groups excluding carboxylic acids is 2. The highest BCUT2D eigenvalue weighted by Gasteiger charge is 2.40. The van der Waals surface area contributed by atoms with Gasteiger partial charge in [-0.2, -0.15) is 0 Å². The molecule has 2 saturated heterocycles. The largest absolute Gasteiger partial charge is 0.338 e. The topological polar surface area (TPSA) is 55.9 Å². The minimum Gasteiger partial charge on any atom is -0.338 e. The molecule has 43 heavy (non-hydrogen) atoms. The summed E-state index contributed by atoms with van der Waals surface area (Å²) in [4.78, 5) is 32.4. The number of halogens is 4. The van der Waals surface area contributed by atoms with Gasteiger partial charge in [0.25, 0.3) is 0 Å². The summed E-state index contributed by atoms with van der Waals surface area (Å²) in [5.74, 6) is -1.79. The fourth-order valence-corrected chi connectivity index (χ4v) is 6.10. The summed E-state index contributed by atoms with van der Waals surface area (Å²) in [6.07, 6.45) is 3.08. The fraction of sp³-hybridized carbons (Fsp3) is 0.394. The number of nitrogens with zero attached hydrogens (tertiary/aromatic N) is 3. The van der Waals surface area contributed by atoms with Crippen LogP contribution in [-0.4, -0.2) is 59.5 Å². The highest BCUT2D eigenvalue weighted by atomic mass is 35.5. The summed E-state index contributed by atoms with van der Waals surface area (Å²) in [7, 11) is 0. The molecule has 2 aliphatic heterocycles. The molecule has 6 nitrogen and oxygen atoms in total. The number of hydrogen-bond acceptors (Lipinski definition) is 3. The molecular formula is C33H38ClF3N4O2. The van der Waals surface area contributed by atoms with Gasteiger partial charge in [-0.1, -0.05) is 48.5 Å². The van der Waals surface area contributed by atoms with Gasteiger partial charge in [-0.15, -0.1) is 12.4 Å². The normalized spacial score (nSPS) is 18.7. The summed E-state index contributed by atoms with van der Waals surface area (Å²) < 4.78 is 41.1. The number of rotatable bonds is 8. The van der Waals surface area contributed by atoms with Crippen LogP contribution in [-0.2, 0) is 0 Å². The van der Waals surface area contributed by atoms with E-state index in [1.54, 1.807) is 4.90 Å². The lowest BCUT2D eigenvalue weighted by molar-refractivity contribution is 0.0944. The van der Waals surface area contributed by atoms with E-state index in [-0.39, 0.29) is 24.3 Å². The fourth-order valence-electron chi connectivity index (χ4n) is 6.10. The molecule has 0 unspecified atom stereocenters. The van der Waals surface area contributed by atoms with E-state index in [1.807, 2.05) is 49.4 Å². The van der Waals surface area contributed by atoms with Crippen LogP contribution in [0, 0.1) is 17.5 Å². The molecule has 0 saturated carbocycles. The van der Waals surface area contributed by atoms with Gasteiger partial charge < -0.3 is 15.1 Å². The van der Waals surface area contributed by atoms with Crippen molar-refractivity contribution in [1.82, 2.24) is 20.0 Å². The molecule has 3 aromatic carbocycles. The Morgan fingerprint density at radius 3 is 2.23 bits per heavy atom. The van der Waals surface area contributed by atoms with Crippen molar-refractivity contribution >= 4 is 24.5 Å². The van der Waals surface area contributed by atoms with E-state index in [2.05, 4.69) is 10.2 Å². The molecular weight excluding hydrogens is 577 g/mol. The standard InChI is InChI=1S/C33H37F3N4O2.ClH/c1-23(24-6-3-2-4-7-24)39-21-16-31(27-10-13-29(35)30(36)22-27)40(33(39)42)32(41)37-17-5-18-38-19-14-26(15-20-38)25-8-11-28(34)12-9-25;/h2-4,6-13,22-23,26,31H,5,14-21H2,1H3,(H,37,41);1H/t23-,31+;/m1./s1. The number of carbonyl (C=O) groups is 2. The molecule has 5 rings (SSSR count). The molecule has 0 radical (unpaired) electrons. The third-order valence-corrected chi connectivity index (χ3v) is 8.56. The van der Waals surface area contributed by atoms with Crippen molar-refractivity contribution in [1.29, 1.82) is 0 Å². The van der Waals surface area contributed by atoms with Crippen molar-refractivity contribution in [2.45, 2.75) is 50.6 Å². The van der Waals surface area contributed by atoms with Gasteiger partial charge >= 0.3 is 12.1 Å². The van der Waals surface area contributed by atoms with Crippen LogP contribution in [0.4, 0.5) is 22.8 Å². The van der Waals surface area contributed by atoms with Crippen LogP contribution in [0.1, 0.15) is 67.3 Å². The average Bonchev–Trinajstić information content (AvgIpc) is 3.01. The van der Waals surface area contributed by atoms with E-state index in [1.165, 1.54) is 23.8 Å². The number of urea groups is 2. The first-order valence-corrected chi connectivity index (χ1v) is 14.7. The molecule has 2 heterocycles. The van der Waals surface area contributed by atoms with Crippen LogP contribution in [0.3, 0.4) is 0 Å². The monoisotopic (exact) mass is 614 g/mol. The molecule has 0 bridgehead atoms. The molecule has 1 N–H and O–H groups in total. The van der Waals surface area contributed by atoms with Crippen molar-refractivity contribution in [3.63, 3.8) is 0 Å². The second-order valence-electron chi connectivity index (χ2n) is 11.2. The Kier molecular flexibility index (Phi) is 11.1. The van der Waals surface area contributed by atoms with E-state index in [0.717, 1.165) is 55.1 Å². The Morgan fingerprint density at radius 1 is 0.884 bits per heavy atom. The third-order valence-electron chi connectivity index (χ3n) is 8.56. The minimum absolute atomic E-state index is 0. The predicted molar refractivity (Wildman–Crippen MR) is 163 cm³/mol. The average molecular weight is 615 g/mol. The maximum atomic E-state index is 14.1. The smallest absolute Gasteiger partial charge is 0.329 e. The first-order chi connectivity index (χ1) is 20.3. The Balaban J connectivity index is 0.00000423. The molecule has 0 aromatic heterocycles. The van der Waals surface area contributed by atoms with Gasteiger partial charge in [-0.25, -0.2) is 27.7 Å². The molecule has 3 aromatic rings. The quantitative estimate of drug-likeness (QED) is 0.268. The first-order valence-electron chi connectivity index (χ1n) is 14.7. The van der Waals surface area contributed by atoms with Crippen molar-refractivity contribution in [3.05, 3.63) is 107 Å². The summed E-state index contributed by atoms with van der Waals surface area (Å²) in [5.41, 5.74) is 2.50. The number of amides is 4. The molecule has 10 heteroatoms. The summed E-state index contributed by atoms with van der Waals surface area (Å²) in [6.45, 7) is 5.31. The molecule has 2 fully saturated rings. The Hall–Kier alpha value is -3.56. The second-order valence-corrected chi connectivity index (χ2v) is 11.2. The predicted octanol–water partition coefficient (Wildman–Crippen LogP) is 7.44. The summed E-state index contributed by atoms with van der Waals surface area (Å²) in [5, 5.41) is 2.90. The number of piperidine rings is 1. The van der Waals surface area contributed by atoms with Crippen molar-refractivity contribution < 1.29 is 22.8 Å². The molecule has 2 atom stereocenters. The SMILES string of the molecule is C[C@H](c1ccccc1)N1CC[C@@H](c2ccc(F)c(F)c2)N(C(=O)NCCCN2CCC(c3ccc(F)cc3)CC2)C1=O.Cl. The lowest BCUT2D eigenvalue weighted by Crippen LogP contribution is -2.56. The lowest BCUT2D eigenvalue weighted by Gasteiger charge is -2.43. The maximum absolute atomic E-state index is 14.1. The second kappa shape index (κ2) is 14.8. The number of benzene rings is 3. The van der Waals surface area contributed by atoms with Crippen molar-refractivity contribution in [2.24, 2.45) is 0 Å². The zero-order chi connectivity index (χ0) is 29.6. The van der Waals surface area contributed by atoms with E-state index in [9.17, 15) is 22.8 Å². The maximum Gasteiger partial charge on any atom is 0.329 e. The first kappa shape index (κ1) is 32.4. The zero-order valence-corrected chi connectivity index (χ0v) is 25.0. The van der Waals surface area contributed by atoms with Gasteiger partial charge in [-0.3, -0.25) is 0 Å². The van der Waals surface area contributed by atoms with E-state index < -0.39 is 29.7 Å². The molecule has 2 aliphatic rings. The highest BCUT2D eigenvalue weighted by Crippen LogP contribution is 2.35. The van der Waals surface area contributed by atoms with Crippen LogP contribution in [0.25, 0.3) is 0 Å². The lowest BCUT2D eigenvalue weighted by atomic mass is 9.89. The van der Waals surface area contributed by atoms with Gasteiger partial charge in [0.05, 0.1) is 12.1 Å². The Morgan fingerprint density at radius 2 is 1.56 bits per heavy atom. The minimum atomic E-state index is -1.01. The van der Waals surface area contributed by atoms with E-state index in [4.69, 9.17) is 0 Å². The van der Waals surface area contributed by atoms with Crippen LogP contribution in [0.2, 0.25) is 0 Å². The zero-order valence-electron chi connectivity index (χ0n) is 24.2. The third kappa shape index (κ3) is 7.70. The van der Waals surface area contributed by atoms with Gasteiger partial charge in [0.2, 0.25) is 0 Å². The van der Waals surface area contributed by atoms with Crippen LogP contribution >= 0.6 is 12.4 Å². The van der Waals surface area contributed by atoms with Crippen molar-refractivity contribution in [3.8, 4) is 0 Å². The summed E-state index contributed by atoms with van der Waals surface area (Å²) >= 11 is 0. The van der Waals surface area contributed by atoms with Gasteiger partial charge in [-0.05, 0) is 99.1 Å². The highest BCUT2D eigenvalue weighted by molar-refractivity contribution is 5.95. The Bertz CT molecular complexity index is 1370. The van der Waals surface area contributed by atoms with E-state index in [0.29, 0.717) is 37.4 Å². The number of likely N-dealkylation sites (tertiary alicyclic amines) is 1. The molecule has 0 spiro atoms. The Labute approximate surface area is 257 Å². The van der Waals surface area contributed by atoms with Crippen LogP contribution < -0.4 is 5.32 Å². The van der Waals surface area contributed by atoms with E-state index >= 15 is 0 Å². The molecule has 4 amide bonds. The summed E-state index contributed by atoms with van der Waals surface area (Å²) in [6, 6.07) is 17.9. The van der Waals surface area contributed by atoms with Crippen LogP contribution in [0.15, 0.2) is 72.8 Å². The number of nitrogens with one attached hydrogen (secondary N) is 1. The van der Waals surface area contributed by atoms with Crippen molar-refractivity contribution in [2.75, 3.05) is 32.7 Å². The van der Waals surface area contributed by atoms with Gasteiger partial charge in [0.15, 0.2) is 11.6 Å². The molecule has 230 valence electrons.